The van der Waals surface area contributed by atoms with E-state index in [4.69, 9.17) is 21.6 Å². The van der Waals surface area contributed by atoms with Crippen molar-refractivity contribution in [1.29, 1.82) is 5.26 Å². The average molecular weight is 301 g/mol. The van der Waals surface area contributed by atoms with E-state index < -0.39 is 0 Å². The molecule has 0 heterocycles. The first-order valence-electron chi connectivity index (χ1n) is 6.27. The number of aryl methyl sites for hydroxylation is 1. The van der Waals surface area contributed by atoms with E-state index in [1.807, 2.05) is 19.1 Å². The van der Waals surface area contributed by atoms with Gasteiger partial charge in [-0.05, 0) is 48.9 Å². The topological polar surface area (TPSA) is 62.1 Å². The summed E-state index contributed by atoms with van der Waals surface area (Å²) in [5.41, 5.74) is 2.11. The fraction of sp³-hybridized carbons (Fsp3) is 0.125. The first-order chi connectivity index (χ1) is 10.1. The van der Waals surface area contributed by atoms with E-state index in [1.165, 1.54) is 0 Å². The van der Waals surface area contributed by atoms with Crippen LogP contribution >= 0.6 is 11.6 Å². The maximum Gasteiger partial charge on any atom is 0.262 e. The van der Waals surface area contributed by atoms with Crippen molar-refractivity contribution in [1.82, 2.24) is 0 Å². The highest BCUT2D eigenvalue weighted by Crippen LogP contribution is 2.20. The Morgan fingerprint density at radius 3 is 2.62 bits per heavy atom. The number of rotatable bonds is 4. The van der Waals surface area contributed by atoms with Crippen LogP contribution in [0.2, 0.25) is 5.02 Å². The molecule has 0 spiro atoms. The highest BCUT2D eigenvalue weighted by Gasteiger charge is 2.05. The Balaban J connectivity index is 1.89. The number of anilines is 1. The van der Waals surface area contributed by atoms with E-state index in [-0.39, 0.29) is 12.5 Å². The largest absolute Gasteiger partial charge is 0.484 e. The number of amides is 1. The molecule has 0 atom stereocenters. The zero-order chi connectivity index (χ0) is 15.2. The number of carbonyl (C=O) groups excluding carboxylic acids is 1. The maximum absolute atomic E-state index is 11.8. The number of halogens is 1. The lowest BCUT2D eigenvalue weighted by Crippen LogP contribution is -2.20. The van der Waals surface area contributed by atoms with Crippen molar-refractivity contribution in [3.8, 4) is 11.8 Å². The highest BCUT2D eigenvalue weighted by molar-refractivity contribution is 6.31. The number of hydrogen-bond donors (Lipinski definition) is 1. The minimum atomic E-state index is -0.278. The van der Waals surface area contributed by atoms with Gasteiger partial charge < -0.3 is 10.1 Å². The van der Waals surface area contributed by atoms with Gasteiger partial charge in [0.1, 0.15) is 5.75 Å². The summed E-state index contributed by atoms with van der Waals surface area (Å²) < 4.78 is 5.34. The summed E-state index contributed by atoms with van der Waals surface area (Å²) in [7, 11) is 0. The second kappa shape index (κ2) is 6.78. The van der Waals surface area contributed by atoms with E-state index in [1.54, 1.807) is 36.4 Å². The zero-order valence-corrected chi connectivity index (χ0v) is 12.1. The Morgan fingerprint density at radius 2 is 2.00 bits per heavy atom. The van der Waals surface area contributed by atoms with Gasteiger partial charge in [0.2, 0.25) is 0 Å². The molecule has 0 aliphatic heterocycles. The first-order valence-corrected chi connectivity index (χ1v) is 6.65. The Morgan fingerprint density at radius 1 is 1.29 bits per heavy atom. The van der Waals surface area contributed by atoms with Crippen LogP contribution in [0.25, 0.3) is 0 Å². The Labute approximate surface area is 127 Å². The predicted octanol–water partition coefficient (Wildman–Crippen LogP) is 3.54. The minimum absolute atomic E-state index is 0.114. The van der Waals surface area contributed by atoms with Gasteiger partial charge in [-0.15, -0.1) is 0 Å². The van der Waals surface area contributed by atoms with Crippen molar-refractivity contribution in [2.45, 2.75) is 6.92 Å². The molecule has 0 aliphatic carbocycles. The van der Waals surface area contributed by atoms with Gasteiger partial charge in [0.15, 0.2) is 6.61 Å². The summed E-state index contributed by atoms with van der Waals surface area (Å²) in [5.74, 6) is 0.255. The van der Waals surface area contributed by atoms with E-state index in [9.17, 15) is 4.79 Å². The molecule has 0 unspecified atom stereocenters. The number of hydrogen-bond acceptors (Lipinski definition) is 3. The van der Waals surface area contributed by atoms with Gasteiger partial charge in [-0.25, -0.2) is 0 Å². The minimum Gasteiger partial charge on any atom is -0.484 e. The molecule has 1 amide bonds. The van der Waals surface area contributed by atoms with Crippen molar-refractivity contribution in [3.05, 3.63) is 58.6 Å². The number of nitrogens with zero attached hydrogens (tertiary/aromatic N) is 1. The van der Waals surface area contributed by atoms with Crippen molar-refractivity contribution < 1.29 is 9.53 Å². The van der Waals surface area contributed by atoms with Crippen molar-refractivity contribution in [3.63, 3.8) is 0 Å². The van der Waals surface area contributed by atoms with E-state index in [2.05, 4.69) is 5.32 Å². The third kappa shape index (κ3) is 4.23. The molecule has 0 saturated heterocycles. The van der Waals surface area contributed by atoms with Gasteiger partial charge in [-0.1, -0.05) is 17.7 Å². The van der Waals surface area contributed by atoms with Crippen LogP contribution in [-0.4, -0.2) is 12.5 Å². The molecular formula is C16H13ClN2O2. The van der Waals surface area contributed by atoms with E-state index in [0.717, 1.165) is 5.56 Å². The van der Waals surface area contributed by atoms with Crippen molar-refractivity contribution in [2.75, 3.05) is 11.9 Å². The third-order valence-electron chi connectivity index (χ3n) is 2.81. The van der Waals surface area contributed by atoms with Crippen LogP contribution in [0, 0.1) is 18.3 Å². The summed E-state index contributed by atoms with van der Waals surface area (Å²) >= 11 is 5.99. The van der Waals surface area contributed by atoms with Crippen LogP contribution in [0.3, 0.4) is 0 Å². The lowest BCUT2D eigenvalue weighted by atomic mass is 10.2. The van der Waals surface area contributed by atoms with E-state index in [0.29, 0.717) is 22.0 Å². The number of nitrogens with one attached hydrogen (secondary N) is 1. The van der Waals surface area contributed by atoms with Gasteiger partial charge in [0, 0.05) is 10.7 Å². The number of ether oxygens (including phenoxy) is 1. The molecule has 2 aromatic rings. The molecule has 4 nitrogen and oxygen atoms in total. The second-order valence-electron chi connectivity index (χ2n) is 4.44. The SMILES string of the molecule is Cc1ccc(NC(=O)COc2ccc(C#N)cc2)cc1Cl. The van der Waals surface area contributed by atoms with Crippen LogP contribution in [0.1, 0.15) is 11.1 Å². The summed E-state index contributed by atoms with van der Waals surface area (Å²) in [6.07, 6.45) is 0. The molecular weight excluding hydrogens is 288 g/mol. The van der Waals surface area contributed by atoms with Crippen LogP contribution in [-0.2, 0) is 4.79 Å². The highest BCUT2D eigenvalue weighted by atomic mass is 35.5. The molecule has 0 radical (unpaired) electrons. The smallest absolute Gasteiger partial charge is 0.262 e. The standard InChI is InChI=1S/C16H13ClN2O2/c1-11-2-5-13(8-15(11)17)19-16(20)10-21-14-6-3-12(9-18)4-7-14/h2-8H,10H2,1H3,(H,19,20). The first kappa shape index (κ1) is 14.9. The van der Waals surface area contributed by atoms with E-state index >= 15 is 0 Å². The van der Waals surface area contributed by atoms with Crippen LogP contribution in [0.5, 0.6) is 5.75 Å². The summed E-state index contributed by atoms with van der Waals surface area (Å²) in [4.78, 5) is 11.8. The Kier molecular flexibility index (Phi) is 4.81. The zero-order valence-electron chi connectivity index (χ0n) is 11.4. The van der Waals surface area contributed by atoms with Crippen LogP contribution < -0.4 is 10.1 Å². The fourth-order valence-corrected chi connectivity index (χ4v) is 1.82. The molecule has 106 valence electrons. The molecule has 0 aliphatic rings. The van der Waals surface area contributed by atoms with Gasteiger partial charge in [-0.3, -0.25) is 4.79 Å². The lowest BCUT2D eigenvalue weighted by molar-refractivity contribution is -0.118. The normalized spacial score (nSPS) is 9.76. The third-order valence-corrected chi connectivity index (χ3v) is 3.22. The van der Waals surface area contributed by atoms with Crippen molar-refractivity contribution in [2.24, 2.45) is 0 Å². The van der Waals surface area contributed by atoms with Gasteiger partial charge in [-0.2, -0.15) is 5.26 Å². The van der Waals surface area contributed by atoms with Crippen LogP contribution in [0.4, 0.5) is 5.69 Å². The molecule has 0 aromatic heterocycles. The molecule has 5 heteroatoms. The van der Waals surface area contributed by atoms with Gasteiger partial charge >= 0.3 is 0 Å². The monoisotopic (exact) mass is 300 g/mol. The summed E-state index contributed by atoms with van der Waals surface area (Å²) in [5, 5.41) is 12.0. The number of carbonyl (C=O) groups is 1. The molecule has 0 saturated carbocycles. The fourth-order valence-electron chi connectivity index (χ4n) is 1.64. The average Bonchev–Trinajstić information content (AvgIpc) is 2.49. The molecule has 21 heavy (non-hydrogen) atoms. The van der Waals surface area contributed by atoms with Gasteiger partial charge in [0.25, 0.3) is 5.91 Å². The quantitative estimate of drug-likeness (QED) is 0.939. The second-order valence-corrected chi connectivity index (χ2v) is 4.84. The Bertz CT molecular complexity index is 690. The predicted molar refractivity (Wildman–Crippen MR) is 81.5 cm³/mol. The number of benzene rings is 2. The van der Waals surface area contributed by atoms with Gasteiger partial charge in [0.05, 0.1) is 11.6 Å². The molecule has 2 aromatic carbocycles. The molecule has 1 N–H and O–H groups in total. The molecule has 0 fully saturated rings. The lowest BCUT2D eigenvalue weighted by Gasteiger charge is -2.08. The maximum atomic E-state index is 11.8. The summed E-state index contributed by atoms with van der Waals surface area (Å²) in [6, 6.07) is 13.9. The number of nitriles is 1. The molecule has 2 rings (SSSR count). The van der Waals surface area contributed by atoms with Crippen molar-refractivity contribution >= 4 is 23.2 Å². The van der Waals surface area contributed by atoms with Crippen LogP contribution in [0.15, 0.2) is 42.5 Å². The summed E-state index contributed by atoms with van der Waals surface area (Å²) in [6.45, 7) is 1.78. The Hall–Kier alpha value is -2.51. The molecule has 0 bridgehead atoms.